The number of hydrogen-bond acceptors (Lipinski definition) is 5. The molecule has 0 bridgehead atoms. The number of allylic oxidation sites excluding steroid dienone is 1. The molecule has 33 heavy (non-hydrogen) atoms. The number of ether oxygens (including phenoxy) is 1. The molecule has 170 valence electrons. The van der Waals surface area contributed by atoms with Gasteiger partial charge < -0.3 is 9.84 Å². The number of hydroxylamine groups is 1. The first kappa shape index (κ1) is 22.7. The van der Waals surface area contributed by atoms with Gasteiger partial charge >= 0.3 is 5.97 Å². The molecule has 0 fully saturated rings. The Hall–Kier alpha value is -3.48. The molecule has 2 N–H and O–H groups in total. The summed E-state index contributed by atoms with van der Waals surface area (Å²) in [5.74, 6) is -0.0355. The lowest BCUT2D eigenvalue weighted by molar-refractivity contribution is -0.139. The molecule has 6 nitrogen and oxygen atoms in total. The smallest absolute Gasteiger partial charge is 0.341 e. The number of carboxylic acid groups (broad SMARTS) is 1. The predicted octanol–water partition coefficient (Wildman–Crippen LogP) is 4.83. The van der Waals surface area contributed by atoms with Crippen molar-refractivity contribution in [3.8, 4) is 5.75 Å². The Morgan fingerprint density at radius 3 is 2.76 bits per heavy atom. The highest BCUT2D eigenvalue weighted by molar-refractivity contribution is 5.68. The van der Waals surface area contributed by atoms with Gasteiger partial charge in [-0.05, 0) is 53.6 Å². The third-order valence-electron chi connectivity index (χ3n) is 5.76. The lowest BCUT2D eigenvalue weighted by atomic mass is 9.82. The summed E-state index contributed by atoms with van der Waals surface area (Å²) in [5, 5.41) is 8.92. The van der Waals surface area contributed by atoms with E-state index in [1.54, 1.807) is 6.20 Å². The summed E-state index contributed by atoms with van der Waals surface area (Å²) in [6.07, 6.45) is 10.8. The number of carbonyl (C=O) groups is 1. The van der Waals surface area contributed by atoms with Crippen LogP contribution in [0, 0.1) is 0 Å². The molecule has 1 aliphatic rings. The molecule has 6 heteroatoms. The quantitative estimate of drug-likeness (QED) is 0.265. The zero-order valence-electron chi connectivity index (χ0n) is 18.4. The largest absolute Gasteiger partial charge is 0.482 e. The van der Waals surface area contributed by atoms with Crippen LogP contribution < -0.4 is 10.2 Å². The molecule has 2 unspecified atom stereocenters. The monoisotopic (exact) mass is 444 g/mol. The predicted molar refractivity (Wildman–Crippen MR) is 126 cm³/mol. The van der Waals surface area contributed by atoms with Crippen LogP contribution in [0.3, 0.4) is 0 Å². The minimum absolute atomic E-state index is 0.113. The molecule has 1 aromatic heterocycles. The van der Waals surface area contributed by atoms with E-state index in [0.29, 0.717) is 12.4 Å². The van der Waals surface area contributed by atoms with E-state index in [9.17, 15) is 4.79 Å². The highest BCUT2D eigenvalue weighted by Crippen LogP contribution is 2.37. The SMILES string of the molecule is O=C(O)COc1cccc2c1CCCC2C=CCONC(c1ccccc1)c1cccnc1. The molecule has 0 amide bonds. The second-order valence-electron chi connectivity index (χ2n) is 7.99. The van der Waals surface area contributed by atoms with Gasteiger partial charge in [0.1, 0.15) is 5.75 Å². The topological polar surface area (TPSA) is 80.7 Å². The number of aliphatic carboxylic acids is 1. The molecule has 2 aromatic carbocycles. The summed E-state index contributed by atoms with van der Waals surface area (Å²) in [6.45, 7) is 0.0978. The van der Waals surface area contributed by atoms with Gasteiger partial charge in [-0.3, -0.25) is 9.82 Å². The summed E-state index contributed by atoms with van der Waals surface area (Å²) in [4.78, 5) is 20.9. The van der Waals surface area contributed by atoms with E-state index in [0.717, 1.165) is 36.0 Å². The van der Waals surface area contributed by atoms with E-state index in [4.69, 9.17) is 14.7 Å². The molecule has 3 aromatic rings. The Morgan fingerprint density at radius 2 is 1.97 bits per heavy atom. The van der Waals surface area contributed by atoms with Crippen LogP contribution in [0.2, 0.25) is 0 Å². The maximum absolute atomic E-state index is 10.9. The minimum atomic E-state index is -0.968. The summed E-state index contributed by atoms with van der Waals surface area (Å²) in [5.41, 5.74) is 7.62. The third kappa shape index (κ3) is 6.06. The van der Waals surface area contributed by atoms with Crippen LogP contribution in [-0.4, -0.2) is 29.3 Å². The van der Waals surface area contributed by atoms with E-state index in [2.05, 4.69) is 34.7 Å². The van der Waals surface area contributed by atoms with Crippen LogP contribution in [0.15, 0.2) is 85.2 Å². The minimum Gasteiger partial charge on any atom is -0.482 e. The second kappa shape index (κ2) is 11.4. The highest BCUT2D eigenvalue weighted by atomic mass is 16.6. The first-order chi connectivity index (χ1) is 16.2. The Morgan fingerprint density at radius 1 is 1.12 bits per heavy atom. The van der Waals surface area contributed by atoms with Crippen LogP contribution in [0.4, 0.5) is 0 Å². The van der Waals surface area contributed by atoms with Gasteiger partial charge in [-0.15, -0.1) is 0 Å². The van der Waals surface area contributed by atoms with Crippen molar-refractivity contribution in [2.75, 3.05) is 13.2 Å². The summed E-state index contributed by atoms with van der Waals surface area (Å²) < 4.78 is 5.50. The standard InChI is InChI=1S/C27H28N2O4/c30-26(31)19-32-25-15-5-13-23-20(10-4-14-24(23)25)12-7-17-33-29-27(21-8-2-1-3-9-21)22-11-6-16-28-18-22/h1-3,5-9,11-13,15-16,18,20,27,29H,4,10,14,17,19H2,(H,30,31). The average Bonchev–Trinajstić information content (AvgIpc) is 2.86. The Bertz CT molecular complexity index is 1030. The Kier molecular flexibility index (Phi) is 7.85. The summed E-state index contributed by atoms with van der Waals surface area (Å²) >= 11 is 0. The molecule has 1 heterocycles. The van der Waals surface area contributed by atoms with Gasteiger partial charge in [0.05, 0.1) is 12.6 Å². The molecule has 0 saturated heterocycles. The second-order valence-corrected chi connectivity index (χ2v) is 7.99. The first-order valence-corrected chi connectivity index (χ1v) is 11.2. The van der Waals surface area contributed by atoms with Crippen molar-refractivity contribution < 1.29 is 19.5 Å². The molecular formula is C27H28N2O4. The van der Waals surface area contributed by atoms with Crippen molar-refractivity contribution in [2.24, 2.45) is 0 Å². The Balaban J connectivity index is 1.38. The average molecular weight is 445 g/mol. The number of hydrogen-bond donors (Lipinski definition) is 2. The van der Waals surface area contributed by atoms with Crippen molar-refractivity contribution >= 4 is 5.97 Å². The maximum Gasteiger partial charge on any atom is 0.341 e. The lowest BCUT2D eigenvalue weighted by Crippen LogP contribution is -2.23. The number of benzene rings is 2. The van der Waals surface area contributed by atoms with Gasteiger partial charge in [-0.2, -0.15) is 5.48 Å². The molecule has 4 rings (SSSR count). The molecule has 0 radical (unpaired) electrons. The maximum atomic E-state index is 10.9. The van der Waals surface area contributed by atoms with E-state index >= 15 is 0 Å². The zero-order chi connectivity index (χ0) is 22.9. The number of aromatic nitrogens is 1. The Labute approximate surface area is 193 Å². The van der Waals surface area contributed by atoms with E-state index in [1.807, 2.05) is 54.7 Å². The number of nitrogens with zero attached hydrogens (tertiary/aromatic N) is 1. The molecule has 0 saturated carbocycles. The normalized spacial score (nSPS) is 16.3. The molecule has 0 aliphatic heterocycles. The number of pyridine rings is 1. The number of carboxylic acids is 1. The summed E-state index contributed by atoms with van der Waals surface area (Å²) in [6, 6.07) is 19.9. The van der Waals surface area contributed by atoms with Crippen LogP contribution in [0.5, 0.6) is 5.75 Å². The molecule has 1 aliphatic carbocycles. The number of fused-ring (bicyclic) bond motifs is 1. The van der Waals surface area contributed by atoms with Gasteiger partial charge in [-0.1, -0.05) is 60.7 Å². The van der Waals surface area contributed by atoms with Crippen LogP contribution >= 0.6 is 0 Å². The van der Waals surface area contributed by atoms with Gasteiger partial charge in [-0.25, -0.2) is 4.79 Å². The fourth-order valence-corrected chi connectivity index (χ4v) is 4.25. The molecule has 2 atom stereocenters. The number of nitrogens with one attached hydrogen (secondary N) is 1. The van der Waals surface area contributed by atoms with Gasteiger partial charge in [0.15, 0.2) is 6.61 Å². The molecule has 0 spiro atoms. The van der Waals surface area contributed by atoms with Crippen LogP contribution in [0.1, 0.15) is 47.1 Å². The first-order valence-electron chi connectivity index (χ1n) is 11.2. The van der Waals surface area contributed by atoms with Crippen molar-refractivity contribution in [2.45, 2.75) is 31.2 Å². The van der Waals surface area contributed by atoms with Gasteiger partial charge in [0, 0.05) is 18.3 Å². The van der Waals surface area contributed by atoms with Crippen LogP contribution in [-0.2, 0) is 16.1 Å². The van der Waals surface area contributed by atoms with Gasteiger partial charge in [0.25, 0.3) is 0 Å². The van der Waals surface area contributed by atoms with Crippen LogP contribution in [0.25, 0.3) is 0 Å². The summed E-state index contributed by atoms with van der Waals surface area (Å²) in [7, 11) is 0. The van der Waals surface area contributed by atoms with Crippen molar-refractivity contribution in [3.63, 3.8) is 0 Å². The fourth-order valence-electron chi connectivity index (χ4n) is 4.25. The van der Waals surface area contributed by atoms with E-state index < -0.39 is 5.97 Å². The number of rotatable bonds is 10. The van der Waals surface area contributed by atoms with E-state index in [1.165, 1.54) is 5.56 Å². The van der Waals surface area contributed by atoms with Crippen molar-refractivity contribution in [3.05, 3.63) is 107 Å². The van der Waals surface area contributed by atoms with Crippen molar-refractivity contribution in [1.29, 1.82) is 0 Å². The lowest BCUT2D eigenvalue weighted by Gasteiger charge is -2.25. The fraction of sp³-hybridized carbons (Fsp3) is 0.259. The third-order valence-corrected chi connectivity index (χ3v) is 5.76. The van der Waals surface area contributed by atoms with Gasteiger partial charge in [0.2, 0.25) is 0 Å². The molecular weight excluding hydrogens is 416 g/mol. The van der Waals surface area contributed by atoms with Crippen molar-refractivity contribution in [1.82, 2.24) is 10.5 Å². The highest BCUT2D eigenvalue weighted by Gasteiger charge is 2.21. The zero-order valence-corrected chi connectivity index (χ0v) is 18.4. The van der Waals surface area contributed by atoms with E-state index in [-0.39, 0.29) is 18.6 Å².